The first-order chi connectivity index (χ1) is 24.2. The number of rotatable bonds is 38. The zero-order valence-corrected chi connectivity index (χ0v) is 34.0. The third-order valence-corrected chi connectivity index (χ3v) is 9.72. The Bertz CT molecular complexity index is 764. The molecule has 0 saturated carbocycles. The van der Waals surface area contributed by atoms with E-state index in [0.29, 0.717) is 19.3 Å². The summed E-state index contributed by atoms with van der Waals surface area (Å²) in [7, 11) is 0. The summed E-state index contributed by atoms with van der Waals surface area (Å²) in [6.45, 7) is 11.2. The van der Waals surface area contributed by atoms with Crippen LogP contribution in [0, 0.1) is 11.8 Å². The van der Waals surface area contributed by atoms with Crippen molar-refractivity contribution in [2.45, 2.75) is 240 Å². The van der Waals surface area contributed by atoms with Crippen molar-refractivity contribution in [1.82, 2.24) is 0 Å². The van der Waals surface area contributed by atoms with Gasteiger partial charge in [0.2, 0.25) is 0 Å². The first kappa shape index (κ1) is 48.4. The van der Waals surface area contributed by atoms with E-state index in [9.17, 15) is 14.4 Å². The number of carbonyl (C=O) groups excluding carboxylic acids is 3. The van der Waals surface area contributed by atoms with Crippen LogP contribution in [0.3, 0.4) is 0 Å². The van der Waals surface area contributed by atoms with Crippen molar-refractivity contribution in [1.29, 1.82) is 0 Å². The molecule has 6 nitrogen and oxygen atoms in total. The third-order valence-electron chi connectivity index (χ3n) is 9.72. The van der Waals surface area contributed by atoms with Crippen LogP contribution in [-0.4, -0.2) is 37.2 Å². The van der Waals surface area contributed by atoms with Crippen molar-refractivity contribution in [2.75, 3.05) is 13.2 Å². The Morgan fingerprint density at radius 2 is 0.660 bits per heavy atom. The second kappa shape index (κ2) is 37.2. The smallest absolute Gasteiger partial charge is 0.306 e. The van der Waals surface area contributed by atoms with E-state index in [-0.39, 0.29) is 31.1 Å². The summed E-state index contributed by atoms with van der Waals surface area (Å²) < 4.78 is 16.6. The molecule has 0 aliphatic heterocycles. The molecule has 0 heterocycles. The van der Waals surface area contributed by atoms with E-state index in [1.165, 1.54) is 122 Å². The Kier molecular flexibility index (Phi) is 36.0. The van der Waals surface area contributed by atoms with Gasteiger partial charge in [0.1, 0.15) is 13.2 Å². The summed E-state index contributed by atoms with van der Waals surface area (Å²) in [4.78, 5) is 37.5. The Morgan fingerprint density at radius 1 is 0.380 bits per heavy atom. The maximum Gasteiger partial charge on any atom is 0.306 e. The summed E-state index contributed by atoms with van der Waals surface area (Å²) in [5.41, 5.74) is 0. The molecule has 0 unspecified atom stereocenters. The van der Waals surface area contributed by atoms with Gasteiger partial charge in [-0.1, -0.05) is 195 Å². The zero-order chi connectivity index (χ0) is 36.9. The first-order valence-corrected chi connectivity index (χ1v) is 21.7. The molecule has 6 heteroatoms. The SMILES string of the molecule is CCCCCCCCCC(=O)OC[C@H](COC(=O)CCCCCCCCCCCCCCC(C)C)OC(=O)CCCCCCCCCC(C)C. The van der Waals surface area contributed by atoms with Gasteiger partial charge in [0, 0.05) is 19.3 Å². The molecular formula is C44H84O6. The van der Waals surface area contributed by atoms with Crippen LogP contribution in [0.4, 0.5) is 0 Å². The molecule has 0 saturated heterocycles. The molecule has 0 aliphatic carbocycles. The zero-order valence-electron chi connectivity index (χ0n) is 34.0. The van der Waals surface area contributed by atoms with E-state index < -0.39 is 6.10 Å². The average Bonchev–Trinajstić information content (AvgIpc) is 3.08. The van der Waals surface area contributed by atoms with Gasteiger partial charge in [0.15, 0.2) is 6.10 Å². The molecule has 0 aromatic carbocycles. The van der Waals surface area contributed by atoms with Crippen molar-refractivity contribution >= 4 is 17.9 Å². The summed E-state index contributed by atoms with van der Waals surface area (Å²) in [6.07, 6.45) is 33.9. The maximum atomic E-state index is 12.6. The average molecular weight is 709 g/mol. The normalized spacial score (nSPS) is 12.1. The van der Waals surface area contributed by atoms with E-state index in [4.69, 9.17) is 14.2 Å². The van der Waals surface area contributed by atoms with Crippen LogP contribution in [0.15, 0.2) is 0 Å². The fourth-order valence-corrected chi connectivity index (χ4v) is 6.40. The van der Waals surface area contributed by atoms with Gasteiger partial charge >= 0.3 is 17.9 Å². The van der Waals surface area contributed by atoms with E-state index in [1.54, 1.807) is 0 Å². The van der Waals surface area contributed by atoms with Gasteiger partial charge < -0.3 is 14.2 Å². The van der Waals surface area contributed by atoms with Crippen molar-refractivity contribution < 1.29 is 28.6 Å². The quantitative estimate of drug-likeness (QED) is 0.0361. The second-order valence-electron chi connectivity index (χ2n) is 15.9. The van der Waals surface area contributed by atoms with Crippen molar-refractivity contribution in [3.8, 4) is 0 Å². The molecular weight excluding hydrogens is 624 g/mol. The third kappa shape index (κ3) is 37.7. The number of unbranched alkanes of at least 4 members (excludes halogenated alkanes) is 23. The second-order valence-corrected chi connectivity index (χ2v) is 15.9. The minimum Gasteiger partial charge on any atom is -0.462 e. The van der Waals surface area contributed by atoms with Gasteiger partial charge in [-0.3, -0.25) is 14.4 Å². The Balaban J connectivity index is 4.26. The topological polar surface area (TPSA) is 78.9 Å². The molecule has 1 atom stereocenters. The number of esters is 3. The van der Waals surface area contributed by atoms with Crippen LogP contribution < -0.4 is 0 Å². The van der Waals surface area contributed by atoms with Gasteiger partial charge in [0.25, 0.3) is 0 Å². The lowest BCUT2D eigenvalue weighted by Gasteiger charge is -2.18. The molecule has 0 radical (unpaired) electrons. The molecule has 0 spiro atoms. The van der Waals surface area contributed by atoms with E-state index >= 15 is 0 Å². The van der Waals surface area contributed by atoms with E-state index in [2.05, 4.69) is 34.6 Å². The monoisotopic (exact) mass is 709 g/mol. The summed E-state index contributed by atoms with van der Waals surface area (Å²) in [5, 5.41) is 0. The van der Waals surface area contributed by atoms with Crippen LogP contribution in [0.2, 0.25) is 0 Å². The fourth-order valence-electron chi connectivity index (χ4n) is 6.40. The summed E-state index contributed by atoms with van der Waals surface area (Å²) in [5.74, 6) is 0.743. The summed E-state index contributed by atoms with van der Waals surface area (Å²) in [6, 6.07) is 0. The van der Waals surface area contributed by atoms with Gasteiger partial charge in [-0.05, 0) is 31.1 Å². The van der Waals surface area contributed by atoms with Crippen LogP contribution >= 0.6 is 0 Å². The fraction of sp³-hybridized carbons (Fsp3) is 0.932. The highest BCUT2D eigenvalue weighted by atomic mass is 16.6. The van der Waals surface area contributed by atoms with Gasteiger partial charge in [0.05, 0.1) is 0 Å². The summed E-state index contributed by atoms with van der Waals surface area (Å²) >= 11 is 0. The molecule has 0 rings (SSSR count). The molecule has 296 valence electrons. The van der Waals surface area contributed by atoms with Crippen LogP contribution in [0.5, 0.6) is 0 Å². The predicted molar refractivity (Wildman–Crippen MR) is 210 cm³/mol. The predicted octanol–water partition coefficient (Wildman–Crippen LogP) is 13.4. The molecule has 50 heavy (non-hydrogen) atoms. The standard InChI is InChI=1S/C44H84O6/c1-6-7-8-9-17-24-29-34-42(45)48-37-41(50-44(47)36-31-26-21-16-19-23-28-33-40(4)5)38-49-43(46)35-30-25-20-15-13-11-10-12-14-18-22-27-32-39(2)3/h39-41H,6-38H2,1-5H3/t41-/m1/s1. The highest BCUT2D eigenvalue weighted by molar-refractivity contribution is 5.71. The number of hydrogen-bond acceptors (Lipinski definition) is 6. The van der Waals surface area contributed by atoms with Gasteiger partial charge in [-0.25, -0.2) is 0 Å². The molecule has 0 aliphatic rings. The Labute approximate surface area is 310 Å². The molecule has 0 amide bonds. The maximum absolute atomic E-state index is 12.6. The molecule has 0 aromatic rings. The van der Waals surface area contributed by atoms with Gasteiger partial charge in [-0.15, -0.1) is 0 Å². The van der Waals surface area contributed by atoms with Crippen LogP contribution in [0.25, 0.3) is 0 Å². The lowest BCUT2D eigenvalue weighted by Crippen LogP contribution is -2.30. The van der Waals surface area contributed by atoms with Crippen LogP contribution in [-0.2, 0) is 28.6 Å². The largest absolute Gasteiger partial charge is 0.462 e. The molecule has 0 aromatic heterocycles. The molecule has 0 fully saturated rings. The van der Waals surface area contributed by atoms with Crippen LogP contribution in [0.1, 0.15) is 234 Å². The minimum absolute atomic E-state index is 0.0661. The Morgan fingerprint density at radius 3 is 0.980 bits per heavy atom. The highest BCUT2D eigenvalue weighted by Gasteiger charge is 2.19. The Hall–Kier alpha value is -1.59. The van der Waals surface area contributed by atoms with E-state index in [0.717, 1.165) is 69.6 Å². The number of carbonyl (C=O) groups is 3. The molecule has 0 bridgehead atoms. The minimum atomic E-state index is -0.759. The van der Waals surface area contributed by atoms with E-state index in [1.807, 2.05) is 0 Å². The van der Waals surface area contributed by atoms with Crippen molar-refractivity contribution in [3.05, 3.63) is 0 Å². The van der Waals surface area contributed by atoms with Crippen molar-refractivity contribution in [2.24, 2.45) is 11.8 Å². The molecule has 0 N–H and O–H groups in total. The van der Waals surface area contributed by atoms with Crippen molar-refractivity contribution in [3.63, 3.8) is 0 Å². The van der Waals surface area contributed by atoms with Gasteiger partial charge in [-0.2, -0.15) is 0 Å². The number of hydrogen-bond donors (Lipinski definition) is 0. The highest BCUT2D eigenvalue weighted by Crippen LogP contribution is 2.16. The lowest BCUT2D eigenvalue weighted by molar-refractivity contribution is -0.167. The first-order valence-electron chi connectivity index (χ1n) is 21.7. The lowest BCUT2D eigenvalue weighted by atomic mass is 10.0. The number of ether oxygens (including phenoxy) is 3.